The molecular weight excluding hydrogens is 226 g/mol. The van der Waals surface area contributed by atoms with E-state index < -0.39 is 0 Å². The van der Waals surface area contributed by atoms with Crippen molar-refractivity contribution in [3.05, 3.63) is 16.3 Å². The molecule has 2 heterocycles. The van der Waals surface area contributed by atoms with Crippen molar-refractivity contribution in [3.8, 4) is 5.75 Å². The minimum absolute atomic E-state index is 0.0127. The molecule has 1 amide bonds. The first-order valence-corrected chi connectivity index (χ1v) is 6.19. The zero-order valence-corrected chi connectivity index (χ0v) is 10.00. The van der Waals surface area contributed by atoms with E-state index in [4.69, 9.17) is 4.74 Å². The van der Waals surface area contributed by atoms with Crippen molar-refractivity contribution >= 4 is 17.2 Å². The standard InChI is InChI=1S/C11H15NO3S/c1-15-9-4-7-16-10(9)11(14)12-5-2-8(13)3-6-12/h4,7-8,13H,2-3,5-6H2,1H3. The first kappa shape index (κ1) is 11.4. The smallest absolute Gasteiger partial charge is 0.267 e. The van der Waals surface area contributed by atoms with Gasteiger partial charge >= 0.3 is 0 Å². The largest absolute Gasteiger partial charge is 0.495 e. The topological polar surface area (TPSA) is 49.8 Å². The summed E-state index contributed by atoms with van der Waals surface area (Å²) in [5.74, 6) is 0.653. The van der Waals surface area contributed by atoms with Crippen molar-refractivity contribution in [1.29, 1.82) is 0 Å². The third-order valence-electron chi connectivity index (χ3n) is 2.79. The molecule has 1 aliphatic heterocycles. The van der Waals surface area contributed by atoms with Crippen LogP contribution in [0.15, 0.2) is 11.4 Å². The number of carbonyl (C=O) groups excluding carboxylic acids is 1. The third kappa shape index (κ3) is 2.20. The minimum atomic E-state index is -0.255. The van der Waals surface area contributed by atoms with Gasteiger partial charge in [0.05, 0.1) is 13.2 Å². The molecule has 0 radical (unpaired) electrons. The fourth-order valence-corrected chi connectivity index (χ4v) is 2.65. The summed E-state index contributed by atoms with van der Waals surface area (Å²) in [6.07, 6.45) is 1.08. The molecule has 2 rings (SSSR count). The quantitative estimate of drug-likeness (QED) is 0.850. The van der Waals surface area contributed by atoms with Crippen LogP contribution in [-0.2, 0) is 0 Å². The molecular formula is C11H15NO3S. The van der Waals surface area contributed by atoms with Crippen LogP contribution in [0.1, 0.15) is 22.5 Å². The van der Waals surface area contributed by atoms with E-state index in [0.717, 1.165) is 0 Å². The van der Waals surface area contributed by atoms with Gasteiger partial charge in [-0.3, -0.25) is 4.79 Å². The Morgan fingerprint density at radius 3 is 2.88 bits per heavy atom. The van der Waals surface area contributed by atoms with Crippen molar-refractivity contribution in [2.75, 3.05) is 20.2 Å². The van der Waals surface area contributed by atoms with Crippen LogP contribution in [0, 0.1) is 0 Å². The Hall–Kier alpha value is -1.07. The average Bonchev–Trinajstić information content (AvgIpc) is 2.77. The average molecular weight is 241 g/mol. The van der Waals surface area contributed by atoms with E-state index in [-0.39, 0.29) is 12.0 Å². The lowest BCUT2D eigenvalue weighted by atomic mass is 10.1. The van der Waals surface area contributed by atoms with Crippen molar-refractivity contribution < 1.29 is 14.6 Å². The van der Waals surface area contributed by atoms with Gasteiger partial charge in [0.15, 0.2) is 0 Å². The van der Waals surface area contributed by atoms with Crippen molar-refractivity contribution in [2.45, 2.75) is 18.9 Å². The lowest BCUT2D eigenvalue weighted by Crippen LogP contribution is -2.39. The third-order valence-corrected chi connectivity index (χ3v) is 3.68. The van der Waals surface area contributed by atoms with Gasteiger partial charge in [-0.25, -0.2) is 0 Å². The number of hydrogen-bond donors (Lipinski definition) is 1. The van der Waals surface area contributed by atoms with Crippen LogP contribution in [0.4, 0.5) is 0 Å². The van der Waals surface area contributed by atoms with E-state index in [1.807, 2.05) is 5.38 Å². The normalized spacial score (nSPS) is 17.5. The number of likely N-dealkylation sites (tertiary alicyclic amines) is 1. The second kappa shape index (κ2) is 4.84. The van der Waals surface area contributed by atoms with E-state index in [0.29, 0.717) is 36.6 Å². The summed E-state index contributed by atoms with van der Waals surface area (Å²) < 4.78 is 5.13. The number of aliphatic hydroxyl groups excluding tert-OH is 1. The van der Waals surface area contributed by atoms with E-state index in [1.54, 1.807) is 18.1 Å². The molecule has 1 saturated heterocycles. The SMILES string of the molecule is COc1ccsc1C(=O)N1CCC(O)CC1. The molecule has 0 unspecified atom stereocenters. The monoisotopic (exact) mass is 241 g/mol. The lowest BCUT2D eigenvalue weighted by molar-refractivity contribution is 0.0548. The summed E-state index contributed by atoms with van der Waals surface area (Å²) in [5.41, 5.74) is 0. The maximum absolute atomic E-state index is 12.1. The van der Waals surface area contributed by atoms with Gasteiger partial charge in [-0.1, -0.05) is 0 Å². The highest BCUT2D eigenvalue weighted by Gasteiger charge is 2.25. The van der Waals surface area contributed by atoms with Crippen LogP contribution in [0.5, 0.6) is 5.75 Å². The van der Waals surface area contributed by atoms with Gasteiger partial charge in [0, 0.05) is 13.1 Å². The van der Waals surface area contributed by atoms with E-state index in [9.17, 15) is 9.90 Å². The summed E-state index contributed by atoms with van der Waals surface area (Å²) in [7, 11) is 1.57. The Kier molecular flexibility index (Phi) is 3.46. The fraction of sp³-hybridized carbons (Fsp3) is 0.545. The fourth-order valence-electron chi connectivity index (χ4n) is 1.83. The molecule has 0 saturated carbocycles. The van der Waals surface area contributed by atoms with Crippen LogP contribution in [0.3, 0.4) is 0 Å². The van der Waals surface area contributed by atoms with Gasteiger partial charge in [0.25, 0.3) is 5.91 Å². The van der Waals surface area contributed by atoms with E-state index in [2.05, 4.69) is 0 Å². The molecule has 0 spiro atoms. The van der Waals surface area contributed by atoms with Crippen molar-refractivity contribution in [3.63, 3.8) is 0 Å². The predicted octanol–water partition coefficient (Wildman–Crippen LogP) is 1.35. The number of rotatable bonds is 2. The molecule has 88 valence electrons. The van der Waals surface area contributed by atoms with Crippen molar-refractivity contribution in [2.24, 2.45) is 0 Å². The molecule has 1 aliphatic rings. The second-order valence-corrected chi connectivity index (χ2v) is 4.76. The first-order valence-electron chi connectivity index (χ1n) is 5.31. The first-order chi connectivity index (χ1) is 7.72. The molecule has 16 heavy (non-hydrogen) atoms. The summed E-state index contributed by atoms with van der Waals surface area (Å²) >= 11 is 1.40. The zero-order chi connectivity index (χ0) is 11.5. The molecule has 5 heteroatoms. The molecule has 0 aliphatic carbocycles. The van der Waals surface area contributed by atoms with Gasteiger partial charge in [0.1, 0.15) is 10.6 Å². The zero-order valence-electron chi connectivity index (χ0n) is 9.18. The Morgan fingerprint density at radius 2 is 2.25 bits per heavy atom. The number of hydrogen-bond acceptors (Lipinski definition) is 4. The molecule has 0 aromatic carbocycles. The second-order valence-electron chi connectivity index (χ2n) is 3.84. The minimum Gasteiger partial charge on any atom is -0.495 e. The summed E-state index contributed by atoms with van der Waals surface area (Å²) in [6, 6.07) is 1.80. The lowest BCUT2D eigenvalue weighted by Gasteiger charge is -2.29. The van der Waals surface area contributed by atoms with Crippen LogP contribution >= 0.6 is 11.3 Å². The predicted molar refractivity (Wildman–Crippen MR) is 62.0 cm³/mol. The van der Waals surface area contributed by atoms with Gasteiger partial charge in [-0.15, -0.1) is 11.3 Å². The molecule has 4 nitrogen and oxygen atoms in total. The number of methoxy groups -OCH3 is 1. The van der Waals surface area contributed by atoms with Gasteiger partial charge < -0.3 is 14.7 Å². The number of amides is 1. The molecule has 1 N–H and O–H groups in total. The Bertz CT molecular complexity index is 369. The van der Waals surface area contributed by atoms with E-state index in [1.165, 1.54) is 11.3 Å². The number of piperidine rings is 1. The molecule has 0 atom stereocenters. The summed E-state index contributed by atoms with van der Waals surface area (Å²) in [5, 5.41) is 11.2. The highest BCUT2D eigenvalue weighted by molar-refractivity contribution is 7.12. The Labute approximate surface area is 98.4 Å². The highest BCUT2D eigenvalue weighted by atomic mass is 32.1. The molecule has 1 aromatic rings. The van der Waals surface area contributed by atoms with Gasteiger partial charge in [0.2, 0.25) is 0 Å². The Morgan fingerprint density at radius 1 is 1.56 bits per heavy atom. The molecule has 0 bridgehead atoms. The van der Waals surface area contributed by atoms with Crippen LogP contribution in [0.2, 0.25) is 0 Å². The van der Waals surface area contributed by atoms with Crippen LogP contribution < -0.4 is 4.74 Å². The van der Waals surface area contributed by atoms with Crippen LogP contribution in [-0.4, -0.2) is 42.2 Å². The maximum atomic E-state index is 12.1. The van der Waals surface area contributed by atoms with Gasteiger partial charge in [-0.2, -0.15) is 0 Å². The number of thiophene rings is 1. The molecule has 1 aromatic heterocycles. The molecule has 1 fully saturated rings. The number of nitrogens with zero attached hydrogens (tertiary/aromatic N) is 1. The van der Waals surface area contributed by atoms with Crippen LogP contribution in [0.25, 0.3) is 0 Å². The highest BCUT2D eigenvalue weighted by Crippen LogP contribution is 2.27. The number of aliphatic hydroxyl groups is 1. The van der Waals surface area contributed by atoms with Crippen molar-refractivity contribution in [1.82, 2.24) is 4.90 Å². The summed E-state index contributed by atoms with van der Waals surface area (Å²) in [4.78, 5) is 14.6. The Balaban J connectivity index is 2.07. The number of ether oxygens (including phenoxy) is 1. The summed E-state index contributed by atoms with van der Waals surface area (Å²) in [6.45, 7) is 1.25. The maximum Gasteiger partial charge on any atom is 0.267 e. The van der Waals surface area contributed by atoms with Gasteiger partial charge in [-0.05, 0) is 24.3 Å². The number of carbonyl (C=O) groups is 1. The van der Waals surface area contributed by atoms with E-state index >= 15 is 0 Å².